The van der Waals surface area contributed by atoms with Crippen LogP contribution in [-0.2, 0) is 0 Å². The highest BCUT2D eigenvalue weighted by Gasteiger charge is 2.30. The maximum Gasteiger partial charge on any atom is 0.270 e. The maximum atomic E-state index is 13.4. The Morgan fingerprint density at radius 1 is 0.735 bits per heavy atom. The van der Waals surface area contributed by atoms with Crippen LogP contribution in [0.15, 0.2) is 60.7 Å². The zero-order valence-electron chi connectivity index (χ0n) is 18.9. The number of hydrogen-bond acceptors (Lipinski definition) is 5. The molecule has 2 aliphatic heterocycles. The number of anilines is 1. The molecule has 2 aliphatic rings. The molecule has 0 atom stereocenters. The molecule has 0 bridgehead atoms. The molecular formula is C26H26N4O4. The molecule has 0 aliphatic carbocycles. The lowest BCUT2D eigenvalue weighted by Crippen LogP contribution is -2.50. The third-order valence-corrected chi connectivity index (χ3v) is 6.74. The van der Waals surface area contributed by atoms with E-state index in [1.807, 2.05) is 42.5 Å². The van der Waals surface area contributed by atoms with Crippen molar-refractivity contribution < 1.29 is 14.5 Å². The number of piperazine rings is 1. The van der Waals surface area contributed by atoms with Crippen molar-refractivity contribution in [2.75, 3.05) is 44.2 Å². The molecule has 2 amide bonds. The topological polar surface area (TPSA) is 87.0 Å². The lowest BCUT2D eigenvalue weighted by molar-refractivity contribution is -0.384. The first-order valence-electron chi connectivity index (χ1n) is 11.6. The highest BCUT2D eigenvalue weighted by molar-refractivity contribution is 6.07. The third-order valence-electron chi connectivity index (χ3n) is 6.74. The highest BCUT2D eigenvalue weighted by Crippen LogP contribution is 2.30. The van der Waals surface area contributed by atoms with Crippen molar-refractivity contribution in [1.29, 1.82) is 0 Å². The normalized spacial score (nSPS) is 16.2. The van der Waals surface area contributed by atoms with Crippen LogP contribution >= 0.6 is 0 Å². The average molecular weight is 459 g/mol. The SMILES string of the molecule is O=C(c1cc([N+](=O)[O-])ccc1N1CCCC1)N1CCN(C(=O)c2cccc3ccccc23)CC1. The smallest absolute Gasteiger partial charge is 0.270 e. The second-order valence-electron chi connectivity index (χ2n) is 8.76. The number of amides is 2. The Kier molecular flexibility index (Phi) is 5.88. The van der Waals surface area contributed by atoms with Gasteiger partial charge in [-0.05, 0) is 35.7 Å². The van der Waals surface area contributed by atoms with Crippen LogP contribution in [0.1, 0.15) is 33.6 Å². The van der Waals surface area contributed by atoms with E-state index in [-0.39, 0.29) is 17.5 Å². The lowest BCUT2D eigenvalue weighted by atomic mass is 10.0. The molecule has 0 saturated carbocycles. The molecule has 8 heteroatoms. The van der Waals surface area contributed by atoms with Crippen molar-refractivity contribution in [2.24, 2.45) is 0 Å². The van der Waals surface area contributed by atoms with Crippen LogP contribution in [0, 0.1) is 10.1 Å². The van der Waals surface area contributed by atoms with Crippen LogP contribution in [0.5, 0.6) is 0 Å². The molecule has 2 saturated heterocycles. The molecule has 0 N–H and O–H groups in total. The van der Waals surface area contributed by atoms with Crippen LogP contribution in [-0.4, -0.2) is 65.8 Å². The fourth-order valence-electron chi connectivity index (χ4n) is 4.91. The zero-order chi connectivity index (χ0) is 23.7. The number of nitro benzene ring substituents is 1. The van der Waals surface area contributed by atoms with Crippen molar-refractivity contribution in [1.82, 2.24) is 9.80 Å². The largest absolute Gasteiger partial charge is 0.371 e. The van der Waals surface area contributed by atoms with E-state index in [4.69, 9.17) is 0 Å². The second kappa shape index (κ2) is 9.13. The summed E-state index contributed by atoms with van der Waals surface area (Å²) in [5.74, 6) is -0.264. The number of carbonyl (C=O) groups is 2. The first-order chi connectivity index (χ1) is 16.5. The molecule has 0 radical (unpaired) electrons. The van der Waals surface area contributed by atoms with Crippen molar-refractivity contribution in [3.63, 3.8) is 0 Å². The molecule has 2 fully saturated rings. The van der Waals surface area contributed by atoms with Crippen LogP contribution in [0.25, 0.3) is 10.8 Å². The molecule has 5 rings (SSSR count). The van der Waals surface area contributed by atoms with E-state index in [1.54, 1.807) is 15.9 Å². The highest BCUT2D eigenvalue weighted by atomic mass is 16.6. The van der Waals surface area contributed by atoms with Crippen LogP contribution in [0.3, 0.4) is 0 Å². The second-order valence-corrected chi connectivity index (χ2v) is 8.76. The minimum Gasteiger partial charge on any atom is -0.371 e. The van der Waals surface area contributed by atoms with E-state index in [0.717, 1.165) is 42.4 Å². The monoisotopic (exact) mass is 458 g/mol. The van der Waals surface area contributed by atoms with Crippen molar-refractivity contribution in [3.8, 4) is 0 Å². The number of fused-ring (bicyclic) bond motifs is 1. The van der Waals surface area contributed by atoms with Crippen molar-refractivity contribution >= 4 is 34.0 Å². The molecule has 34 heavy (non-hydrogen) atoms. The maximum absolute atomic E-state index is 13.4. The Morgan fingerprint density at radius 2 is 1.35 bits per heavy atom. The summed E-state index contributed by atoms with van der Waals surface area (Å²) >= 11 is 0. The molecule has 0 unspecified atom stereocenters. The Bertz CT molecular complexity index is 1260. The standard InChI is InChI=1S/C26H26N4O4/c31-25(22-9-5-7-19-6-1-2-8-21(19)22)28-14-16-29(17-15-28)26(32)23-18-20(30(33)34)10-11-24(23)27-12-3-4-13-27/h1-2,5-11,18H,3-4,12-17H2. The molecule has 3 aromatic carbocycles. The Hall–Kier alpha value is -3.94. The summed E-state index contributed by atoms with van der Waals surface area (Å²) in [6.45, 7) is 3.29. The number of hydrogen-bond donors (Lipinski definition) is 0. The number of nitro groups is 1. The van der Waals surface area contributed by atoms with Crippen LogP contribution < -0.4 is 4.90 Å². The summed E-state index contributed by atoms with van der Waals surface area (Å²) in [7, 11) is 0. The Labute approximate surface area is 197 Å². The van der Waals surface area contributed by atoms with Gasteiger partial charge in [0.05, 0.1) is 16.2 Å². The van der Waals surface area contributed by atoms with E-state index in [2.05, 4.69) is 4.90 Å². The molecule has 174 valence electrons. The van der Waals surface area contributed by atoms with Gasteiger partial charge >= 0.3 is 0 Å². The summed E-state index contributed by atoms with van der Waals surface area (Å²) in [5.41, 5.74) is 1.69. The van der Waals surface area contributed by atoms with Gasteiger partial charge in [-0.1, -0.05) is 36.4 Å². The van der Waals surface area contributed by atoms with Gasteiger partial charge in [-0.25, -0.2) is 0 Å². The Morgan fingerprint density at radius 3 is 2.03 bits per heavy atom. The molecule has 0 aromatic heterocycles. The fraction of sp³-hybridized carbons (Fsp3) is 0.308. The van der Waals surface area contributed by atoms with E-state index < -0.39 is 4.92 Å². The van der Waals surface area contributed by atoms with Gasteiger partial charge in [-0.15, -0.1) is 0 Å². The minimum atomic E-state index is -0.467. The summed E-state index contributed by atoms with van der Waals surface area (Å²) < 4.78 is 0. The van der Waals surface area contributed by atoms with Crippen molar-refractivity contribution in [2.45, 2.75) is 12.8 Å². The van der Waals surface area contributed by atoms with Gasteiger partial charge in [0.15, 0.2) is 0 Å². The van der Waals surface area contributed by atoms with Crippen molar-refractivity contribution in [3.05, 3.63) is 81.9 Å². The van der Waals surface area contributed by atoms with Gasteiger partial charge < -0.3 is 14.7 Å². The molecule has 3 aromatic rings. The van der Waals surface area contributed by atoms with E-state index in [1.165, 1.54) is 12.1 Å². The van der Waals surface area contributed by atoms with E-state index in [9.17, 15) is 19.7 Å². The molecule has 8 nitrogen and oxygen atoms in total. The summed E-state index contributed by atoms with van der Waals surface area (Å²) in [5, 5.41) is 13.3. The van der Waals surface area contributed by atoms with Crippen LogP contribution in [0.4, 0.5) is 11.4 Å². The van der Waals surface area contributed by atoms with Crippen LogP contribution in [0.2, 0.25) is 0 Å². The number of nitrogens with zero attached hydrogens (tertiary/aromatic N) is 4. The average Bonchev–Trinajstić information content (AvgIpc) is 3.42. The van der Waals surface area contributed by atoms with Gasteiger partial charge in [-0.3, -0.25) is 19.7 Å². The fourth-order valence-corrected chi connectivity index (χ4v) is 4.91. The number of non-ortho nitro benzene ring substituents is 1. The molecular weight excluding hydrogens is 432 g/mol. The summed E-state index contributed by atoms with van der Waals surface area (Å²) in [6.07, 6.45) is 2.08. The number of rotatable bonds is 4. The van der Waals surface area contributed by atoms with Gasteiger partial charge in [-0.2, -0.15) is 0 Å². The quantitative estimate of drug-likeness (QED) is 0.437. The van der Waals surface area contributed by atoms with Gasteiger partial charge in [0.2, 0.25) is 0 Å². The van der Waals surface area contributed by atoms with Gasteiger partial charge in [0.1, 0.15) is 0 Å². The predicted molar refractivity (Wildman–Crippen MR) is 130 cm³/mol. The van der Waals surface area contributed by atoms with Gasteiger partial charge in [0.25, 0.3) is 17.5 Å². The van der Waals surface area contributed by atoms with E-state index in [0.29, 0.717) is 37.3 Å². The number of carbonyl (C=O) groups excluding carboxylic acids is 2. The first kappa shape index (κ1) is 21.9. The Balaban J connectivity index is 1.34. The minimum absolute atomic E-state index is 0.0444. The molecule has 0 spiro atoms. The summed E-state index contributed by atoms with van der Waals surface area (Å²) in [6, 6.07) is 18.1. The predicted octanol–water partition coefficient (Wildman–Crippen LogP) is 3.95. The third kappa shape index (κ3) is 4.07. The molecule has 2 heterocycles. The van der Waals surface area contributed by atoms with E-state index >= 15 is 0 Å². The zero-order valence-corrected chi connectivity index (χ0v) is 18.9. The lowest BCUT2D eigenvalue weighted by Gasteiger charge is -2.35. The summed E-state index contributed by atoms with van der Waals surface area (Å²) in [4.78, 5) is 43.2. The van der Waals surface area contributed by atoms with Gasteiger partial charge in [0, 0.05) is 57.0 Å². The first-order valence-corrected chi connectivity index (χ1v) is 11.6. The number of benzene rings is 3.